The molecule has 0 spiro atoms. The Morgan fingerprint density at radius 3 is 2.55 bits per heavy atom. The first-order valence-electron chi connectivity index (χ1n) is 7.37. The minimum absolute atomic E-state index is 0.208. The molecule has 2 N–H and O–H groups in total. The van der Waals surface area contributed by atoms with Crippen LogP contribution in [0.1, 0.15) is 45.1 Å². The molecule has 4 heteroatoms. The van der Waals surface area contributed by atoms with E-state index in [-0.39, 0.29) is 5.82 Å². The number of unbranched alkanes of at least 4 members (excludes halogenated alkanes) is 2. The van der Waals surface area contributed by atoms with Gasteiger partial charge in [0.2, 0.25) is 0 Å². The molecule has 0 fully saturated rings. The molecule has 1 aromatic carbocycles. The van der Waals surface area contributed by atoms with E-state index in [1.54, 1.807) is 19.2 Å². The van der Waals surface area contributed by atoms with Gasteiger partial charge in [-0.05, 0) is 31.0 Å². The molecule has 1 aromatic rings. The third-order valence-electron chi connectivity index (χ3n) is 3.22. The maximum absolute atomic E-state index is 12.8. The van der Waals surface area contributed by atoms with Crippen molar-refractivity contribution in [2.45, 2.75) is 52.1 Å². The van der Waals surface area contributed by atoms with Crippen molar-refractivity contribution in [1.82, 2.24) is 10.6 Å². The average molecular weight is 279 g/mol. The third kappa shape index (κ3) is 6.55. The molecule has 0 aromatic heterocycles. The summed E-state index contributed by atoms with van der Waals surface area (Å²) in [6.45, 7) is 5.02. The maximum atomic E-state index is 12.8. The first-order chi connectivity index (χ1) is 9.65. The molecule has 1 unspecified atom stereocenters. The van der Waals surface area contributed by atoms with E-state index >= 15 is 0 Å². The van der Waals surface area contributed by atoms with Crippen molar-refractivity contribution in [3.05, 3.63) is 35.6 Å². The fourth-order valence-electron chi connectivity index (χ4n) is 1.99. The molecule has 1 atom stereocenters. The molecule has 0 saturated heterocycles. The van der Waals surface area contributed by atoms with Crippen LogP contribution in [0.2, 0.25) is 0 Å². The van der Waals surface area contributed by atoms with Crippen LogP contribution in [0.5, 0.6) is 0 Å². The number of rotatable bonds is 7. The Balaban J connectivity index is 2.34. The van der Waals surface area contributed by atoms with E-state index in [1.165, 1.54) is 31.4 Å². The number of benzene rings is 1. The molecule has 0 aliphatic heterocycles. The molecule has 0 radical (unpaired) electrons. The minimum atomic E-state index is -0.208. The Hall–Kier alpha value is -1.58. The summed E-state index contributed by atoms with van der Waals surface area (Å²) in [6, 6.07) is 6.91. The standard InChI is InChI=1S/C16H26FN3/c1-4-5-6-7-13(2)20-16(18-3)19-12-14-8-10-15(17)11-9-14/h8-11,13H,4-7,12H2,1-3H3,(H2,18,19,20). The lowest BCUT2D eigenvalue weighted by atomic mass is 10.1. The van der Waals surface area contributed by atoms with Gasteiger partial charge in [0.15, 0.2) is 5.96 Å². The normalized spacial score (nSPS) is 13.1. The Morgan fingerprint density at radius 2 is 1.95 bits per heavy atom. The van der Waals surface area contributed by atoms with Crippen molar-refractivity contribution in [2.24, 2.45) is 4.99 Å². The number of nitrogens with zero attached hydrogens (tertiary/aromatic N) is 1. The highest BCUT2D eigenvalue weighted by Crippen LogP contribution is 2.04. The van der Waals surface area contributed by atoms with Gasteiger partial charge >= 0.3 is 0 Å². The Kier molecular flexibility index (Phi) is 7.70. The van der Waals surface area contributed by atoms with Crippen LogP contribution in [-0.2, 0) is 6.54 Å². The Bertz CT molecular complexity index is 401. The van der Waals surface area contributed by atoms with E-state index in [4.69, 9.17) is 0 Å². The van der Waals surface area contributed by atoms with E-state index in [0.29, 0.717) is 12.6 Å². The highest BCUT2D eigenvalue weighted by Gasteiger charge is 2.04. The van der Waals surface area contributed by atoms with Crippen LogP contribution in [0.15, 0.2) is 29.3 Å². The lowest BCUT2D eigenvalue weighted by Crippen LogP contribution is -2.41. The van der Waals surface area contributed by atoms with Gasteiger partial charge in [0.1, 0.15) is 5.82 Å². The number of nitrogens with one attached hydrogen (secondary N) is 2. The number of halogens is 1. The summed E-state index contributed by atoms with van der Waals surface area (Å²) in [5.41, 5.74) is 1.04. The van der Waals surface area contributed by atoms with Gasteiger partial charge in [0.05, 0.1) is 0 Å². The molecule has 112 valence electrons. The van der Waals surface area contributed by atoms with Gasteiger partial charge in [-0.15, -0.1) is 0 Å². The molecular weight excluding hydrogens is 253 g/mol. The van der Waals surface area contributed by atoms with Crippen molar-refractivity contribution in [2.75, 3.05) is 7.05 Å². The molecule has 3 nitrogen and oxygen atoms in total. The fourth-order valence-corrected chi connectivity index (χ4v) is 1.99. The predicted molar refractivity (Wildman–Crippen MR) is 83.3 cm³/mol. The summed E-state index contributed by atoms with van der Waals surface area (Å²) >= 11 is 0. The average Bonchev–Trinajstić information content (AvgIpc) is 2.45. The molecular formula is C16H26FN3. The van der Waals surface area contributed by atoms with Crippen LogP contribution in [-0.4, -0.2) is 19.0 Å². The Labute approximate surface area is 121 Å². The Morgan fingerprint density at radius 1 is 1.25 bits per heavy atom. The molecule has 0 amide bonds. The highest BCUT2D eigenvalue weighted by molar-refractivity contribution is 5.79. The van der Waals surface area contributed by atoms with Gasteiger partial charge in [0.25, 0.3) is 0 Å². The second-order valence-electron chi connectivity index (χ2n) is 5.09. The molecule has 20 heavy (non-hydrogen) atoms. The number of aliphatic imine (C=N–C) groups is 1. The molecule has 0 heterocycles. The molecule has 0 aliphatic rings. The van der Waals surface area contributed by atoms with Crippen LogP contribution in [0, 0.1) is 5.82 Å². The summed E-state index contributed by atoms with van der Waals surface area (Å²) in [5, 5.41) is 6.61. The predicted octanol–water partition coefficient (Wildman–Crippen LogP) is 3.46. The van der Waals surface area contributed by atoms with Gasteiger partial charge in [0, 0.05) is 19.6 Å². The summed E-state index contributed by atoms with van der Waals surface area (Å²) in [5.74, 6) is 0.583. The van der Waals surface area contributed by atoms with Crippen molar-refractivity contribution in [1.29, 1.82) is 0 Å². The van der Waals surface area contributed by atoms with Crippen molar-refractivity contribution in [3.8, 4) is 0 Å². The summed E-state index contributed by atoms with van der Waals surface area (Å²) in [6.07, 6.45) is 4.89. The molecule has 0 aliphatic carbocycles. The smallest absolute Gasteiger partial charge is 0.191 e. The number of guanidine groups is 1. The second kappa shape index (κ2) is 9.34. The zero-order valence-electron chi connectivity index (χ0n) is 12.7. The lowest BCUT2D eigenvalue weighted by Gasteiger charge is -2.17. The SMILES string of the molecule is CCCCCC(C)NC(=NC)NCc1ccc(F)cc1. The third-order valence-corrected chi connectivity index (χ3v) is 3.22. The summed E-state index contributed by atoms with van der Waals surface area (Å²) in [4.78, 5) is 4.21. The zero-order valence-corrected chi connectivity index (χ0v) is 12.7. The van der Waals surface area contributed by atoms with Crippen LogP contribution >= 0.6 is 0 Å². The number of hydrogen-bond acceptors (Lipinski definition) is 1. The van der Waals surface area contributed by atoms with Gasteiger partial charge in [-0.2, -0.15) is 0 Å². The minimum Gasteiger partial charge on any atom is -0.354 e. The van der Waals surface area contributed by atoms with Crippen LogP contribution < -0.4 is 10.6 Å². The van der Waals surface area contributed by atoms with E-state index in [9.17, 15) is 4.39 Å². The lowest BCUT2D eigenvalue weighted by molar-refractivity contribution is 0.546. The largest absolute Gasteiger partial charge is 0.354 e. The van der Waals surface area contributed by atoms with Crippen LogP contribution in [0.25, 0.3) is 0 Å². The van der Waals surface area contributed by atoms with Gasteiger partial charge < -0.3 is 10.6 Å². The fraction of sp³-hybridized carbons (Fsp3) is 0.562. The monoisotopic (exact) mass is 279 g/mol. The first kappa shape index (κ1) is 16.5. The van der Waals surface area contributed by atoms with Crippen molar-refractivity contribution < 1.29 is 4.39 Å². The van der Waals surface area contributed by atoms with Gasteiger partial charge in [-0.3, -0.25) is 4.99 Å². The number of hydrogen-bond donors (Lipinski definition) is 2. The highest BCUT2D eigenvalue weighted by atomic mass is 19.1. The summed E-state index contributed by atoms with van der Waals surface area (Å²) < 4.78 is 12.8. The zero-order chi connectivity index (χ0) is 14.8. The van der Waals surface area contributed by atoms with Gasteiger partial charge in [-0.25, -0.2) is 4.39 Å². The van der Waals surface area contributed by atoms with E-state index in [2.05, 4.69) is 29.5 Å². The summed E-state index contributed by atoms with van der Waals surface area (Å²) in [7, 11) is 1.76. The van der Waals surface area contributed by atoms with Crippen LogP contribution in [0.4, 0.5) is 4.39 Å². The van der Waals surface area contributed by atoms with E-state index in [0.717, 1.165) is 17.9 Å². The van der Waals surface area contributed by atoms with Crippen molar-refractivity contribution >= 4 is 5.96 Å². The molecule has 0 bridgehead atoms. The molecule has 0 saturated carbocycles. The van der Waals surface area contributed by atoms with E-state index in [1.807, 2.05) is 0 Å². The van der Waals surface area contributed by atoms with Crippen molar-refractivity contribution in [3.63, 3.8) is 0 Å². The van der Waals surface area contributed by atoms with Crippen LogP contribution in [0.3, 0.4) is 0 Å². The molecule has 1 rings (SSSR count). The second-order valence-corrected chi connectivity index (χ2v) is 5.09. The van der Waals surface area contributed by atoms with Gasteiger partial charge in [-0.1, -0.05) is 38.3 Å². The first-order valence-corrected chi connectivity index (χ1v) is 7.37. The topological polar surface area (TPSA) is 36.4 Å². The maximum Gasteiger partial charge on any atom is 0.191 e. The van der Waals surface area contributed by atoms with E-state index < -0.39 is 0 Å². The quantitative estimate of drug-likeness (QED) is 0.455.